The van der Waals surface area contributed by atoms with Crippen LogP contribution in [0.5, 0.6) is 0 Å². The Bertz CT molecular complexity index is 221. The monoisotopic (exact) mass is 228 g/mol. The maximum Gasteiger partial charge on any atom is 0.220 e. The molecule has 0 spiro atoms. The van der Waals surface area contributed by atoms with Gasteiger partial charge in [-0.15, -0.1) is 0 Å². The van der Waals surface area contributed by atoms with Crippen LogP contribution in [0.2, 0.25) is 0 Å². The zero-order chi connectivity index (χ0) is 12.0. The van der Waals surface area contributed by atoms with Crippen LogP contribution in [-0.2, 0) is 9.53 Å². The third-order valence-corrected chi connectivity index (χ3v) is 3.17. The van der Waals surface area contributed by atoms with Crippen molar-refractivity contribution < 1.29 is 9.53 Å². The van der Waals surface area contributed by atoms with Crippen LogP contribution in [0.15, 0.2) is 0 Å². The zero-order valence-corrected chi connectivity index (χ0v) is 10.4. The van der Waals surface area contributed by atoms with Gasteiger partial charge in [0.05, 0.1) is 6.61 Å². The van der Waals surface area contributed by atoms with Gasteiger partial charge in [-0.3, -0.25) is 4.79 Å². The molecule has 0 heterocycles. The van der Waals surface area contributed by atoms with Gasteiger partial charge < -0.3 is 15.8 Å². The third kappa shape index (κ3) is 4.49. The van der Waals surface area contributed by atoms with Crippen molar-refractivity contribution in [2.24, 2.45) is 11.7 Å². The van der Waals surface area contributed by atoms with Crippen LogP contribution in [0.4, 0.5) is 0 Å². The second-order valence-corrected chi connectivity index (χ2v) is 4.69. The minimum absolute atomic E-state index is 0.0607. The van der Waals surface area contributed by atoms with Crippen molar-refractivity contribution in [3.05, 3.63) is 0 Å². The van der Waals surface area contributed by atoms with Gasteiger partial charge in [-0.05, 0) is 33.1 Å². The van der Waals surface area contributed by atoms with E-state index in [0.29, 0.717) is 12.1 Å². The van der Waals surface area contributed by atoms with Gasteiger partial charge in [0.1, 0.15) is 0 Å². The van der Waals surface area contributed by atoms with E-state index in [0.717, 1.165) is 38.9 Å². The normalized spacial score (nSPS) is 27.6. The Morgan fingerprint density at radius 1 is 1.56 bits per heavy atom. The molecule has 3 unspecified atom stereocenters. The minimum atomic E-state index is -0.149. The molecule has 0 bridgehead atoms. The molecule has 4 nitrogen and oxygen atoms in total. The van der Waals surface area contributed by atoms with Crippen LogP contribution >= 0.6 is 0 Å². The molecule has 0 aromatic rings. The summed E-state index contributed by atoms with van der Waals surface area (Å²) in [5.74, 6) is -0.0884. The van der Waals surface area contributed by atoms with Crippen LogP contribution in [0, 0.1) is 5.92 Å². The summed E-state index contributed by atoms with van der Waals surface area (Å²) in [6.07, 6.45) is 4.06. The van der Waals surface area contributed by atoms with Gasteiger partial charge in [0.15, 0.2) is 0 Å². The fourth-order valence-electron chi connectivity index (χ4n) is 2.34. The van der Waals surface area contributed by atoms with Crippen LogP contribution in [0.1, 0.15) is 39.5 Å². The van der Waals surface area contributed by atoms with E-state index in [1.54, 1.807) is 0 Å². The van der Waals surface area contributed by atoms with Gasteiger partial charge in [0.2, 0.25) is 5.91 Å². The van der Waals surface area contributed by atoms with Crippen LogP contribution < -0.4 is 11.1 Å². The lowest BCUT2D eigenvalue weighted by atomic mass is 9.85. The molecule has 0 aromatic carbocycles. The summed E-state index contributed by atoms with van der Waals surface area (Å²) in [6, 6.07) is 0.762. The molecule has 1 aliphatic rings. The maximum absolute atomic E-state index is 11.1. The Morgan fingerprint density at radius 2 is 2.31 bits per heavy atom. The summed E-state index contributed by atoms with van der Waals surface area (Å²) in [6.45, 7) is 5.59. The summed E-state index contributed by atoms with van der Waals surface area (Å²) in [5, 5.41) is 3.51. The number of rotatable bonds is 6. The Kier molecular flexibility index (Phi) is 5.77. The van der Waals surface area contributed by atoms with Crippen molar-refractivity contribution in [1.29, 1.82) is 0 Å². The summed E-state index contributed by atoms with van der Waals surface area (Å²) >= 11 is 0. The van der Waals surface area contributed by atoms with E-state index < -0.39 is 0 Å². The predicted octanol–water partition coefficient (Wildman–Crippen LogP) is 1.05. The molecule has 3 N–H and O–H groups in total. The number of primary amides is 1. The molecule has 4 heteroatoms. The second kappa shape index (κ2) is 6.86. The average Bonchev–Trinajstić information content (AvgIpc) is 2.26. The van der Waals surface area contributed by atoms with E-state index in [1.165, 1.54) is 0 Å². The average molecular weight is 228 g/mol. The van der Waals surface area contributed by atoms with Crippen molar-refractivity contribution >= 4 is 5.91 Å². The molecule has 1 saturated carbocycles. The Labute approximate surface area is 97.9 Å². The Balaban J connectivity index is 2.28. The van der Waals surface area contributed by atoms with Crippen LogP contribution in [0.25, 0.3) is 0 Å². The van der Waals surface area contributed by atoms with Gasteiger partial charge in [0.25, 0.3) is 0 Å². The first-order chi connectivity index (χ1) is 7.63. The molecule has 1 rings (SSSR count). The first-order valence-electron chi connectivity index (χ1n) is 6.26. The van der Waals surface area contributed by atoms with Gasteiger partial charge in [-0.25, -0.2) is 0 Å². The SMILES string of the molecule is CCOCC(C)NC1CCCC(C(N)=O)C1. The lowest BCUT2D eigenvalue weighted by Gasteiger charge is -2.30. The van der Waals surface area contributed by atoms with Crippen molar-refractivity contribution in [2.75, 3.05) is 13.2 Å². The first kappa shape index (κ1) is 13.5. The molecule has 3 atom stereocenters. The fourth-order valence-corrected chi connectivity index (χ4v) is 2.34. The summed E-state index contributed by atoms with van der Waals surface area (Å²) < 4.78 is 5.36. The van der Waals surface area contributed by atoms with E-state index in [2.05, 4.69) is 12.2 Å². The molecular formula is C12H24N2O2. The first-order valence-corrected chi connectivity index (χ1v) is 6.26. The number of amides is 1. The van der Waals surface area contributed by atoms with Gasteiger partial charge in [-0.2, -0.15) is 0 Å². The lowest BCUT2D eigenvalue weighted by molar-refractivity contribution is -0.123. The number of hydrogen-bond donors (Lipinski definition) is 2. The molecule has 0 saturated heterocycles. The maximum atomic E-state index is 11.1. The van der Waals surface area contributed by atoms with E-state index in [9.17, 15) is 4.79 Å². The topological polar surface area (TPSA) is 64.3 Å². The lowest BCUT2D eigenvalue weighted by Crippen LogP contribution is -2.43. The molecule has 1 fully saturated rings. The second-order valence-electron chi connectivity index (χ2n) is 4.69. The largest absolute Gasteiger partial charge is 0.380 e. The summed E-state index contributed by atoms with van der Waals surface area (Å²) in [7, 11) is 0. The predicted molar refractivity (Wildman–Crippen MR) is 64.0 cm³/mol. The fraction of sp³-hybridized carbons (Fsp3) is 0.917. The number of nitrogens with one attached hydrogen (secondary N) is 1. The molecule has 1 aliphatic carbocycles. The van der Waals surface area contributed by atoms with Crippen molar-refractivity contribution in [1.82, 2.24) is 5.32 Å². The number of ether oxygens (including phenoxy) is 1. The van der Waals surface area contributed by atoms with E-state index in [4.69, 9.17) is 10.5 Å². The molecule has 0 aromatic heterocycles. The highest BCUT2D eigenvalue weighted by Gasteiger charge is 2.26. The molecular weight excluding hydrogens is 204 g/mol. The van der Waals surface area contributed by atoms with E-state index in [1.807, 2.05) is 6.92 Å². The highest BCUT2D eigenvalue weighted by Crippen LogP contribution is 2.24. The van der Waals surface area contributed by atoms with Crippen molar-refractivity contribution in [2.45, 2.75) is 51.6 Å². The Morgan fingerprint density at radius 3 is 2.94 bits per heavy atom. The van der Waals surface area contributed by atoms with E-state index >= 15 is 0 Å². The standard InChI is InChI=1S/C12H24N2O2/c1-3-16-8-9(2)14-11-6-4-5-10(7-11)12(13)15/h9-11,14H,3-8H2,1-2H3,(H2,13,15). The van der Waals surface area contributed by atoms with Crippen molar-refractivity contribution in [3.63, 3.8) is 0 Å². The molecule has 94 valence electrons. The highest BCUT2D eigenvalue weighted by molar-refractivity contribution is 5.76. The number of carbonyl (C=O) groups is 1. The molecule has 16 heavy (non-hydrogen) atoms. The summed E-state index contributed by atoms with van der Waals surface area (Å²) in [4.78, 5) is 11.1. The quantitative estimate of drug-likeness (QED) is 0.714. The number of carbonyl (C=O) groups excluding carboxylic acids is 1. The molecule has 0 radical (unpaired) electrons. The number of nitrogens with two attached hydrogens (primary N) is 1. The van der Waals surface area contributed by atoms with Gasteiger partial charge >= 0.3 is 0 Å². The summed E-state index contributed by atoms with van der Waals surface area (Å²) in [5.41, 5.74) is 5.35. The smallest absolute Gasteiger partial charge is 0.220 e. The third-order valence-electron chi connectivity index (χ3n) is 3.17. The molecule has 1 amide bonds. The Hall–Kier alpha value is -0.610. The van der Waals surface area contributed by atoms with Crippen molar-refractivity contribution in [3.8, 4) is 0 Å². The minimum Gasteiger partial charge on any atom is -0.380 e. The van der Waals surface area contributed by atoms with Crippen LogP contribution in [0.3, 0.4) is 0 Å². The van der Waals surface area contributed by atoms with Gasteiger partial charge in [-0.1, -0.05) is 6.42 Å². The van der Waals surface area contributed by atoms with Gasteiger partial charge in [0, 0.05) is 24.6 Å². The highest BCUT2D eigenvalue weighted by atomic mass is 16.5. The van der Waals surface area contributed by atoms with Crippen LogP contribution in [-0.4, -0.2) is 31.2 Å². The zero-order valence-electron chi connectivity index (χ0n) is 10.4. The molecule has 0 aliphatic heterocycles. The number of hydrogen-bond acceptors (Lipinski definition) is 3. The van der Waals surface area contributed by atoms with E-state index in [-0.39, 0.29) is 11.8 Å².